The monoisotopic (exact) mass is 544 g/mol. The molecule has 6 rings (SSSR count). The first kappa shape index (κ1) is 25.7. The van der Waals surface area contributed by atoms with E-state index in [2.05, 4.69) is 5.32 Å². The summed E-state index contributed by atoms with van der Waals surface area (Å²) in [4.78, 5) is 28.9. The third kappa shape index (κ3) is 4.41. The van der Waals surface area contributed by atoms with Gasteiger partial charge in [0.05, 0.1) is 38.2 Å². The van der Waals surface area contributed by atoms with Crippen molar-refractivity contribution in [2.45, 2.75) is 30.7 Å². The Kier molecular flexibility index (Phi) is 6.79. The lowest BCUT2D eigenvalue weighted by atomic mass is 9.77. The number of carbonyl (C=O) groups is 2. The van der Waals surface area contributed by atoms with Crippen molar-refractivity contribution in [1.82, 2.24) is 10.2 Å². The molecule has 3 N–H and O–H groups in total. The van der Waals surface area contributed by atoms with E-state index in [4.69, 9.17) is 18.3 Å². The smallest absolute Gasteiger partial charge is 0.290 e. The van der Waals surface area contributed by atoms with E-state index in [9.17, 15) is 19.8 Å². The molecule has 0 bridgehead atoms. The largest absolute Gasteiger partial charge is 0.493 e. The number of nitrogens with zero attached hydrogens (tertiary/aromatic N) is 1. The van der Waals surface area contributed by atoms with Gasteiger partial charge in [-0.15, -0.1) is 0 Å². The van der Waals surface area contributed by atoms with E-state index < -0.39 is 36.0 Å². The molecular formula is C30H28N2O8. The first-order valence-corrected chi connectivity index (χ1v) is 12.9. The highest BCUT2D eigenvalue weighted by Crippen LogP contribution is 2.47. The maximum absolute atomic E-state index is 14.1. The average Bonchev–Trinajstić information content (AvgIpc) is 3.73. The van der Waals surface area contributed by atoms with Crippen molar-refractivity contribution in [2.24, 2.45) is 0 Å². The zero-order valence-electron chi connectivity index (χ0n) is 21.7. The van der Waals surface area contributed by atoms with E-state index in [0.717, 1.165) is 5.56 Å². The Balaban J connectivity index is 1.44. The first-order valence-electron chi connectivity index (χ1n) is 12.9. The van der Waals surface area contributed by atoms with Crippen molar-refractivity contribution in [3.05, 3.63) is 95.7 Å². The first-order chi connectivity index (χ1) is 19.5. The predicted molar refractivity (Wildman–Crippen MR) is 143 cm³/mol. The van der Waals surface area contributed by atoms with Crippen molar-refractivity contribution >= 4 is 22.8 Å². The number of methoxy groups -OCH3 is 1. The summed E-state index contributed by atoms with van der Waals surface area (Å²) in [7, 11) is 1.52. The van der Waals surface area contributed by atoms with Crippen molar-refractivity contribution in [2.75, 3.05) is 20.3 Å². The maximum atomic E-state index is 14.1. The van der Waals surface area contributed by atoms with Crippen LogP contribution in [-0.4, -0.2) is 65.4 Å². The molecule has 10 heteroatoms. The van der Waals surface area contributed by atoms with Crippen molar-refractivity contribution in [1.29, 1.82) is 0 Å². The van der Waals surface area contributed by atoms with Crippen LogP contribution in [-0.2, 0) is 11.3 Å². The lowest BCUT2D eigenvalue weighted by molar-refractivity contribution is -0.118. The van der Waals surface area contributed by atoms with Gasteiger partial charge in [0.1, 0.15) is 18.0 Å². The number of hydrogen-bond donors (Lipinski definition) is 3. The lowest BCUT2D eigenvalue weighted by Gasteiger charge is -2.40. The van der Waals surface area contributed by atoms with Crippen molar-refractivity contribution in [3.8, 4) is 11.5 Å². The van der Waals surface area contributed by atoms with Crippen LogP contribution in [0.3, 0.4) is 0 Å². The molecule has 2 aromatic heterocycles. The van der Waals surface area contributed by atoms with E-state index in [1.165, 1.54) is 24.5 Å². The summed E-state index contributed by atoms with van der Waals surface area (Å²) in [6, 6.07) is 15.1. The van der Waals surface area contributed by atoms with E-state index in [1.54, 1.807) is 36.4 Å². The number of ether oxygens (including phenoxy) is 2. The molecule has 2 aliphatic rings. The van der Waals surface area contributed by atoms with Crippen LogP contribution < -0.4 is 14.8 Å². The predicted octanol–water partition coefficient (Wildman–Crippen LogP) is 3.00. The Morgan fingerprint density at radius 1 is 1.12 bits per heavy atom. The number of fused-ring (bicyclic) bond motifs is 4. The Labute approximate surface area is 229 Å². The number of para-hydroxylation sites is 2. The molecule has 3 heterocycles. The molecule has 0 spiro atoms. The molecule has 1 aliphatic heterocycles. The van der Waals surface area contributed by atoms with Crippen LogP contribution in [0, 0.1) is 0 Å². The van der Waals surface area contributed by atoms with E-state index in [0.29, 0.717) is 33.6 Å². The summed E-state index contributed by atoms with van der Waals surface area (Å²) in [5, 5.41) is 24.4. The van der Waals surface area contributed by atoms with Crippen LogP contribution >= 0.6 is 0 Å². The fraction of sp³-hybridized carbons (Fsp3) is 0.267. The molecule has 2 amide bonds. The van der Waals surface area contributed by atoms with Crippen LogP contribution in [0.5, 0.6) is 11.5 Å². The third-order valence-electron chi connectivity index (χ3n) is 7.37. The Bertz CT molecular complexity index is 1570. The van der Waals surface area contributed by atoms with Crippen LogP contribution in [0.15, 0.2) is 87.6 Å². The van der Waals surface area contributed by atoms with Gasteiger partial charge in [-0.3, -0.25) is 9.59 Å². The third-order valence-corrected chi connectivity index (χ3v) is 7.37. The molecule has 0 unspecified atom stereocenters. The normalized spacial score (nSPS) is 21.2. The molecule has 4 aromatic rings. The number of benzene rings is 2. The number of furan rings is 2. The number of aliphatic hydroxyl groups excluding tert-OH is 2. The summed E-state index contributed by atoms with van der Waals surface area (Å²) < 4.78 is 22.8. The van der Waals surface area contributed by atoms with Gasteiger partial charge in [0, 0.05) is 35.2 Å². The van der Waals surface area contributed by atoms with Gasteiger partial charge in [0.25, 0.3) is 5.91 Å². The molecule has 40 heavy (non-hydrogen) atoms. The number of hydrogen-bond acceptors (Lipinski definition) is 8. The van der Waals surface area contributed by atoms with Crippen molar-refractivity contribution < 1.29 is 38.1 Å². The Morgan fingerprint density at radius 2 is 1.98 bits per heavy atom. The molecule has 4 atom stereocenters. The highest BCUT2D eigenvalue weighted by atomic mass is 16.5. The van der Waals surface area contributed by atoms with E-state index >= 15 is 0 Å². The van der Waals surface area contributed by atoms with Crippen LogP contribution in [0.4, 0.5) is 0 Å². The molecule has 0 saturated carbocycles. The second kappa shape index (κ2) is 10.6. The number of rotatable bonds is 8. The van der Waals surface area contributed by atoms with Crippen molar-refractivity contribution in [3.63, 3.8) is 0 Å². The number of aliphatic hydroxyl groups is 2. The van der Waals surface area contributed by atoms with Crippen LogP contribution in [0.2, 0.25) is 0 Å². The molecule has 0 radical (unpaired) electrons. The summed E-state index contributed by atoms with van der Waals surface area (Å²) in [6.45, 7) is -0.105. The minimum Gasteiger partial charge on any atom is -0.493 e. The summed E-state index contributed by atoms with van der Waals surface area (Å²) in [5.74, 6) is -0.363. The van der Waals surface area contributed by atoms with Gasteiger partial charge in [0.15, 0.2) is 17.1 Å². The molecule has 0 fully saturated rings. The van der Waals surface area contributed by atoms with Gasteiger partial charge in [-0.05, 0) is 30.3 Å². The zero-order chi connectivity index (χ0) is 27.8. The maximum Gasteiger partial charge on any atom is 0.290 e. The van der Waals surface area contributed by atoms with Gasteiger partial charge < -0.3 is 38.7 Å². The quantitative estimate of drug-likeness (QED) is 0.308. The summed E-state index contributed by atoms with van der Waals surface area (Å²) in [5.41, 5.74) is 2.23. The SMILES string of the molecule is COc1cccc2cc(C(=O)N(Cc3ccoc3)[C@@H]3C=C(C(=O)NCCO)[C@@H]4c5ccccc5O[C@@H]4[C@H]3O)oc12. The van der Waals surface area contributed by atoms with Crippen LogP contribution in [0.1, 0.15) is 27.6 Å². The van der Waals surface area contributed by atoms with Gasteiger partial charge in [-0.25, -0.2) is 0 Å². The van der Waals surface area contributed by atoms with Gasteiger partial charge >= 0.3 is 0 Å². The standard InChI is InChI=1S/C30H28N2O8/c1-37-23-8-4-5-18-13-24(40-27(18)23)30(36)32(15-17-9-12-38-16-17)21-14-20(29(35)31-10-11-33)25-19-6-2-3-7-22(19)39-28(25)26(21)34/h2-9,12-14,16,21,25-26,28,33-34H,10-11,15H2,1H3,(H,31,35)/t21-,25+,26+,28+/m1/s1. The Hall–Kier alpha value is -4.54. The summed E-state index contributed by atoms with van der Waals surface area (Å²) >= 11 is 0. The number of amides is 2. The molecule has 10 nitrogen and oxygen atoms in total. The number of nitrogens with one attached hydrogen (secondary N) is 1. The molecule has 2 aromatic carbocycles. The molecular weight excluding hydrogens is 516 g/mol. The second-order valence-corrected chi connectivity index (χ2v) is 9.73. The fourth-order valence-corrected chi connectivity index (χ4v) is 5.53. The molecule has 0 saturated heterocycles. The zero-order valence-corrected chi connectivity index (χ0v) is 21.7. The minimum absolute atomic E-state index is 0.0487. The topological polar surface area (TPSA) is 135 Å². The number of carbonyl (C=O) groups excluding carboxylic acids is 2. The molecule has 206 valence electrons. The average molecular weight is 545 g/mol. The minimum atomic E-state index is -1.18. The van der Waals surface area contributed by atoms with E-state index in [1.807, 2.05) is 24.3 Å². The fourth-order valence-electron chi connectivity index (χ4n) is 5.53. The van der Waals surface area contributed by atoms with Crippen LogP contribution in [0.25, 0.3) is 11.0 Å². The van der Waals surface area contributed by atoms with E-state index in [-0.39, 0.29) is 25.5 Å². The van der Waals surface area contributed by atoms with Gasteiger partial charge in [-0.1, -0.05) is 30.3 Å². The highest BCUT2D eigenvalue weighted by Gasteiger charge is 2.50. The van der Waals surface area contributed by atoms with Gasteiger partial charge in [-0.2, -0.15) is 0 Å². The Morgan fingerprint density at radius 3 is 2.75 bits per heavy atom. The molecule has 1 aliphatic carbocycles. The summed E-state index contributed by atoms with van der Waals surface area (Å²) in [6.07, 6.45) is 2.63. The van der Waals surface area contributed by atoms with Gasteiger partial charge in [0.2, 0.25) is 5.91 Å². The second-order valence-electron chi connectivity index (χ2n) is 9.73. The highest BCUT2D eigenvalue weighted by molar-refractivity contribution is 5.99. The lowest BCUT2D eigenvalue weighted by Crippen LogP contribution is -2.55.